The quantitative estimate of drug-likeness (QED) is 0.707. The molecule has 0 fully saturated rings. The minimum atomic E-state index is -1.16. The van der Waals surface area contributed by atoms with Gasteiger partial charge in [0, 0.05) is 23.8 Å². The highest BCUT2D eigenvalue weighted by Gasteiger charge is 2.06. The van der Waals surface area contributed by atoms with Crippen molar-refractivity contribution < 1.29 is 14.3 Å². The van der Waals surface area contributed by atoms with Crippen LogP contribution in [0.2, 0.25) is 0 Å². The van der Waals surface area contributed by atoms with Gasteiger partial charge in [-0.3, -0.25) is 0 Å². The van der Waals surface area contributed by atoms with Crippen molar-refractivity contribution in [3.8, 4) is 0 Å². The Bertz CT molecular complexity index is 507. The number of halogens is 1. The van der Waals surface area contributed by atoms with E-state index >= 15 is 0 Å². The van der Waals surface area contributed by atoms with E-state index in [2.05, 4.69) is 10.3 Å². The number of hydrogen-bond donors (Lipinski definition) is 3. The first-order valence-corrected chi connectivity index (χ1v) is 4.39. The molecule has 0 saturated heterocycles. The second-order valence-corrected chi connectivity index (χ2v) is 3.17. The Morgan fingerprint density at radius 1 is 1.53 bits per heavy atom. The van der Waals surface area contributed by atoms with E-state index in [1.165, 1.54) is 6.07 Å². The molecular weight excluding hydrogens is 199 g/mol. The molecule has 3 N–H and O–H groups in total. The zero-order chi connectivity index (χ0) is 10.8. The molecule has 1 aromatic carbocycles. The lowest BCUT2D eigenvalue weighted by Gasteiger charge is -2.03. The van der Waals surface area contributed by atoms with E-state index in [1.807, 2.05) is 0 Å². The van der Waals surface area contributed by atoms with E-state index < -0.39 is 11.9 Å². The summed E-state index contributed by atoms with van der Waals surface area (Å²) >= 11 is 0. The van der Waals surface area contributed by atoms with Crippen LogP contribution in [-0.2, 0) is 6.54 Å². The molecule has 0 aliphatic rings. The summed E-state index contributed by atoms with van der Waals surface area (Å²) in [6.45, 7) is -0.0255. The van der Waals surface area contributed by atoms with Crippen LogP contribution in [0.5, 0.6) is 0 Å². The molecule has 0 aliphatic carbocycles. The molecular formula is C10H9FN2O2. The molecule has 1 aromatic heterocycles. The predicted molar refractivity (Wildman–Crippen MR) is 53.1 cm³/mol. The SMILES string of the molecule is O=C(O)NCc1cc2cc[nH]c2cc1F. The monoisotopic (exact) mass is 208 g/mol. The minimum Gasteiger partial charge on any atom is -0.465 e. The predicted octanol–water partition coefficient (Wildman–Crippen LogP) is 2.07. The van der Waals surface area contributed by atoms with Crippen LogP contribution in [0.15, 0.2) is 24.4 Å². The number of nitrogens with one attached hydrogen (secondary N) is 2. The average molecular weight is 208 g/mol. The number of amides is 1. The highest BCUT2D eigenvalue weighted by Crippen LogP contribution is 2.17. The molecule has 4 nitrogen and oxygen atoms in total. The van der Waals surface area contributed by atoms with Crippen molar-refractivity contribution in [2.75, 3.05) is 0 Å². The third-order valence-electron chi connectivity index (χ3n) is 2.15. The van der Waals surface area contributed by atoms with Gasteiger partial charge in [0.25, 0.3) is 0 Å². The van der Waals surface area contributed by atoms with Gasteiger partial charge in [-0.15, -0.1) is 0 Å². The van der Waals surface area contributed by atoms with E-state index in [0.29, 0.717) is 11.1 Å². The smallest absolute Gasteiger partial charge is 0.404 e. The molecule has 5 heteroatoms. The highest BCUT2D eigenvalue weighted by atomic mass is 19.1. The zero-order valence-corrected chi connectivity index (χ0v) is 7.75. The summed E-state index contributed by atoms with van der Waals surface area (Å²) in [6.07, 6.45) is 0.543. The molecule has 0 unspecified atom stereocenters. The fourth-order valence-electron chi connectivity index (χ4n) is 1.43. The molecule has 15 heavy (non-hydrogen) atoms. The average Bonchev–Trinajstić information content (AvgIpc) is 2.60. The molecule has 78 valence electrons. The molecule has 1 heterocycles. The van der Waals surface area contributed by atoms with Gasteiger partial charge in [0.2, 0.25) is 0 Å². The molecule has 0 spiro atoms. The van der Waals surface area contributed by atoms with E-state index in [1.54, 1.807) is 18.3 Å². The molecule has 1 amide bonds. The number of benzene rings is 1. The second-order valence-electron chi connectivity index (χ2n) is 3.17. The summed E-state index contributed by atoms with van der Waals surface area (Å²) in [6, 6.07) is 4.78. The maximum absolute atomic E-state index is 13.4. The van der Waals surface area contributed by atoms with Crippen molar-refractivity contribution in [2.45, 2.75) is 6.54 Å². The maximum Gasteiger partial charge on any atom is 0.404 e. The summed E-state index contributed by atoms with van der Waals surface area (Å²) in [7, 11) is 0. The molecule has 0 bridgehead atoms. The number of hydrogen-bond acceptors (Lipinski definition) is 1. The molecule has 2 rings (SSSR count). The minimum absolute atomic E-state index is 0.0255. The van der Waals surface area contributed by atoms with E-state index in [-0.39, 0.29) is 6.54 Å². The Kier molecular flexibility index (Phi) is 2.29. The summed E-state index contributed by atoms with van der Waals surface area (Å²) < 4.78 is 13.4. The van der Waals surface area contributed by atoms with Gasteiger partial charge in [-0.1, -0.05) is 0 Å². The van der Waals surface area contributed by atoms with Crippen LogP contribution >= 0.6 is 0 Å². The van der Waals surface area contributed by atoms with Crippen LogP contribution in [0.4, 0.5) is 9.18 Å². The Morgan fingerprint density at radius 3 is 3.07 bits per heavy atom. The van der Waals surface area contributed by atoms with Crippen LogP contribution in [0.3, 0.4) is 0 Å². The van der Waals surface area contributed by atoms with Gasteiger partial charge in [-0.05, 0) is 23.6 Å². The normalized spacial score (nSPS) is 10.5. The Morgan fingerprint density at radius 2 is 2.33 bits per heavy atom. The molecule has 0 saturated carbocycles. The summed E-state index contributed by atoms with van der Waals surface area (Å²) in [5.74, 6) is -0.418. The van der Waals surface area contributed by atoms with Crippen LogP contribution in [0.25, 0.3) is 10.9 Å². The first-order chi connectivity index (χ1) is 7.16. The molecule has 0 atom stereocenters. The van der Waals surface area contributed by atoms with Crippen molar-refractivity contribution in [2.24, 2.45) is 0 Å². The summed E-state index contributed by atoms with van der Waals surface area (Å²) in [5, 5.41) is 11.4. The van der Waals surface area contributed by atoms with Crippen molar-refractivity contribution in [3.05, 3.63) is 35.8 Å². The van der Waals surface area contributed by atoms with E-state index in [0.717, 1.165) is 5.39 Å². The van der Waals surface area contributed by atoms with Gasteiger partial charge in [-0.2, -0.15) is 0 Å². The lowest BCUT2D eigenvalue weighted by molar-refractivity contribution is 0.194. The van der Waals surface area contributed by atoms with Crippen LogP contribution in [-0.4, -0.2) is 16.2 Å². The number of aromatic amines is 1. The number of H-pyrrole nitrogens is 1. The van der Waals surface area contributed by atoms with E-state index in [4.69, 9.17) is 5.11 Å². The van der Waals surface area contributed by atoms with Crippen molar-refractivity contribution in [3.63, 3.8) is 0 Å². The Hall–Kier alpha value is -2.04. The lowest BCUT2D eigenvalue weighted by Crippen LogP contribution is -2.20. The van der Waals surface area contributed by atoms with Gasteiger partial charge in [0.15, 0.2) is 0 Å². The third kappa shape index (κ3) is 1.90. The Balaban J connectivity index is 2.33. The zero-order valence-electron chi connectivity index (χ0n) is 7.75. The van der Waals surface area contributed by atoms with E-state index in [9.17, 15) is 9.18 Å². The van der Waals surface area contributed by atoms with Crippen molar-refractivity contribution >= 4 is 17.0 Å². The summed E-state index contributed by atoms with van der Waals surface area (Å²) in [4.78, 5) is 13.1. The maximum atomic E-state index is 13.4. The lowest BCUT2D eigenvalue weighted by atomic mass is 10.1. The number of fused-ring (bicyclic) bond motifs is 1. The fourth-order valence-corrected chi connectivity index (χ4v) is 1.43. The van der Waals surface area contributed by atoms with Crippen molar-refractivity contribution in [1.82, 2.24) is 10.3 Å². The van der Waals surface area contributed by atoms with Crippen molar-refractivity contribution in [1.29, 1.82) is 0 Å². The molecule has 0 aliphatic heterocycles. The second kappa shape index (κ2) is 3.61. The van der Waals surface area contributed by atoms with Gasteiger partial charge >= 0.3 is 6.09 Å². The first kappa shape index (κ1) is 9.51. The van der Waals surface area contributed by atoms with Gasteiger partial charge in [-0.25, -0.2) is 9.18 Å². The standard InChI is InChI=1S/C10H9FN2O2/c11-8-4-9-6(1-2-12-9)3-7(8)5-13-10(14)15/h1-4,12-13H,5H2,(H,14,15). The number of rotatable bonds is 2. The largest absolute Gasteiger partial charge is 0.465 e. The van der Waals surface area contributed by atoms with Crippen LogP contribution in [0, 0.1) is 5.82 Å². The fraction of sp³-hybridized carbons (Fsp3) is 0.100. The Labute approximate surface area is 84.7 Å². The third-order valence-corrected chi connectivity index (χ3v) is 2.15. The van der Waals surface area contributed by atoms with Crippen LogP contribution in [0.1, 0.15) is 5.56 Å². The summed E-state index contributed by atoms with van der Waals surface area (Å²) in [5.41, 5.74) is 1.04. The van der Waals surface area contributed by atoms with Crippen LogP contribution < -0.4 is 5.32 Å². The first-order valence-electron chi connectivity index (χ1n) is 4.39. The van der Waals surface area contributed by atoms with Gasteiger partial charge < -0.3 is 15.4 Å². The highest BCUT2D eigenvalue weighted by molar-refractivity contribution is 5.80. The molecule has 2 aromatic rings. The topological polar surface area (TPSA) is 65.1 Å². The van der Waals surface area contributed by atoms with Gasteiger partial charge in [0.05, 0.1) is 0 Å². The number of carboxylic acid groups (broad SMARTS) is 1. The van der Waals surface area contributed by atoms with Gasteiger partial charge in [0.1, 0.15) is 5.82 Å². The number of carbonyl (C=O) groups is 1. The molecule has 0 radical (unpaired) electrons. The number of aromatic nitrogens is 1.